The average Bonchev–Trinajstić information content (AvgIpc) is 3.20. The second-order valence-corrected chi connectivity index (χ2v) is 7.64. The van der Waals surface area contributed by atoms with Gasteiger partial charge in [-0.05, 0) is 45.6 Å². The lowest BCUT2D eigenvalue weighted by molar-refractivity contribution is -0.145. The van der Waals surface area contributed by atoms with Crippen LogP contribution in [0.5, 0.6) is 0 Å². The van der Waals surface area contributed by atoms with Gasteiger partial charge in [0.2, 0.25) is 17.7 Å². The van der Waals surface area contributed by atoms with Crippen molar-refractivity contribution in [3.8, 4) is 0 Å². The summed E-state index contributed by atoms with van der Waals surface area (Å²) in [5.41, 5.74) is 11.3. The van der Waals surface area contributed by atoms with E-state index < -0.39 is 53.8 Å². The molecule has 1 rings (SSSR count). The quantitative estimate of drug-likeness (QED) is 0.180. The van der Waals surface area contributed by atoms with Gasteiger partial charge in [-0.15, -0.1) is 0 Å². The van der Waals surface area contributed by atoms with Gasteiger partial charge in [-0.2, -0.15) is 0 Å². The highest BCUT2D eigenvalue weighted by molar-refractivity contribution is 5.94. The van der Waals surface area contributed by atoms with Gasteiger partial charge in [-0.1, -0.05) is 6.42 Å². The second kappa shape index (κ2) is 12.8. The number of carbonyl (C=O) groups excluding carboxylic acids is 3. The molecular formula is C19H33N5O7. The van der Waals surface area contributed by atoms with Crippen molar-refractivity contribution in [3.63, 3.8) is 0 Å². The number of nitrogens with one attached hydrogen (secondary N) is 2. The Hall–Kier alpha value is -2.73. The van der Waals surface area contributed by atoms with Crippen LogP contribution in [0.15, 0.2) is 0 Å². The molecule has 0 radical (unpaired) electrons. The Balaban J connectivity index is 2.87. The molecule has 1 aliphatic heterocycles. The first-order valence-corrected chi connectivity index (χ1v) is 10.4. The summed E-state index contributed by atoms with van der Waals surface area (Å²) < 4.78 is 0. The normalized spacial score (nSPS) is 18.7. The van der Waals surface area contributed by atoms with Gasteiger partial charge in [0.1, 0.15) is 18.1 Å². The van der Waals surface area contributed by atoms with Crippen LogP contribution in [0, 0.1) is 0 Å². The maximum atomic E-state index is 13.1. The van der Waals surface area contributed by atoms with Crippen molar-refractivity contribution in [2.45, 2.75) is 76.0 Å². The van der Waals surface area contributed by atoms with Gasteiger partial charge in [0.25, 0.3) is 0 Å². The third-order valence-corrected chi connectivity index (χ3v) is 5.14. The van der Waals surface area contributed by atoms with Gasteiger partial charge in [-0.3, -0.25) is 24.0 Å². The Kier molecular flexibility index (Phi) is 10.9. The minimum absolute atomic E-state index is 0.161. The van der Waals surface area contributed by atoms with Crippen molar-refractivity contribution in [2.24, 2.45) is 11.5 Å². The Morgan fingerprint density at radius 2 is 1.77 bits per heavy atom. The zero-order chi connectivity index (χ0) is 23.6. The van der Waals surface area contributed by atoms with Crippen LogP contribution >= 0.6 is 0 Å². The van der Waals surface area contributed by atoms with E-state index >= 15 is 0 Å². The third-order valence-electron chi connectivity index (χ3n) is 5.14. The summed E-state index contributed by atoms with van der Waals surface area (Å²) in [6, 6.07) is -4.05. The van der Waals surface area contributed by atoms with Crippen LogP contribution in [0.2, 0.25) is 0 Å². The minimum Gasteiger partial charge on any atom is -0.481 e. The molecule has 0 spiro atoms. The molecule has 8 N–H and O–H groups in total. The van der Waals surface area contributed by atoms with E-state index in [9.17, 15) is 24.0 Å². The number of carboxylic acids is 2. The molecule has 4 atom stereocenters. The summed E-state index contributed by atoms with van der Waals surface area (Å²) in [4.78, 5) is 61.2. The van der Waals surface area contributed by atoms with E-state index in [4.69, 9.17) is 21.7 Å². The summed E-state index contributed by atoms with van der Waals surface area (Å²) in [6.07, 6.45) is 2.03. The molecule has 4 unspecified atom stereocenters. The van der Waals surface area contributed by atoms with Crippen LogP contribution in [0.25, 0.3) is 0 Å². The van der Waals surface area contributed by atoms with Crippen molar-refractivity contribution < 1.29 is 34.2 Å². The van der Waals surface area contributed by atoms with E-state index in [0.717, 1.165) is 0 Å². The first kappa shape index (κ1) is 26.3. The number of unbranched alkanes of at least 4 members (excludes halogenated alkanes) is 1. The molecule has 1 heterocycles. The van der Waals surface area contributed by atoms with Crippen molar-refractivity contribution in [1.82, 2.24) is 15.5 Å². The molecule has 0 bridgehead atoms. The summed E-state index contributed by atoms with van der Waals surface area (Å²) in [7, 11) is 0. The van der Waals surface area contributed by atoms with E-state index in [2.05, 4.69) is 10.6 Å². The van der Waals surface area contributed by atoms with Gasteiger partial charge < -0.3 is 37.2 Å². The Bertz CT molecular complexity index is 672. The third kappa shape index (κ3) is 8.50. The number of rotatable bonds is 13. The maximum absolute atomic E-state index is 13.1. The number of nitrogens with two attached hydrogens (primary N) is 2. The van der Waals surface area contributed by atoms with Crippen molar-refractivity contribution >= 4 is 29.7 Å². The lowest BCUT2D eigenvalue weighted by atomic mass is 10.1. The molecule has 12 nitrogen and oxygen atoms in total. The predicted octanol–water partition coefficient (Wildman–Crippen LogP) is -1.63. The van der Waals surface area contributed by atoms with Gasteiger partial charge in [-0.25, -0.2) is 0 Å². The fourth-order valence-electron chi connectivity index (χ4n) is 3.32. The van der Waals surface area contributed by atoms with Gasteiger partial charge in [0, 0.05) is 13.0 Å². The zero-order valence-electron chi connectivity index (χ0n) is 17.7. The molecule has 31 heavy (non-hydrogen) atoms. The smallest absolute Gasteiger partial charge is 0.325 e. The molecule has 1 aliphatic rings. The largest absolute Gasteiger partial charge is 0.481 e. The first-order valence-electron chi connectivity index (χ1n) is 10.4. The summed E-state index contributed by atoms with van der Waals surface area (Å²) in [6.45, 7) is 2.01. The molecule has 1 saturated heterocycles. The molecule has 176 valence electrons. The lowest BCUT2D eigenvalue weighted by Crippen LogP contribution is -2.56. The van der Waals surface area contributed by atoms with E-state index in [0.29, 0.717) is 38.6 Å². The topological polar surface area (TPSA) is 205 Å². The van der Waals surface area contributed by atoms with E-state index in [1.54, 1.807) is 0 Å². The molecule has 0 aromatic heterocycles. The first-order chi connectivity index (χ1) is 14.6. The van der Waals surface area contributed by atoms with Gasteiger partial charge in [0.15, 0.2) is 0 Å². The van der Waals surface area contributed by atoms with Crippen LogP contribution in [0.3, 0.4) is 0 Å². The highest BCUT2D eigenvalue weighted by Crippen LogP contribution is 2.20. The van der Waals surface area contributed by atoms with Crippen LogP contribution in [-0.2, 0) is 24.0 Å². The fourth-order valence-corrected chi connectivity index (χ4v) is 3.32. The molecule has 0 saturated carbocycles. The Morgan fingerprint density at radius 3 is 2.35 bits per heavy atom. The van der Waals surface area contributed by atoms with E-state index in [1.165, 1.54) is 11.8 Å². The highest BCUT2D eigenvalue weighted by atomic mass is 16.4. The number of hydrogen-bond acceptors (Lipinski definition) is 7. The number of aliphatic carboxylic acids is 2. The zero-order valence-corrected chi connectivity index (χ0v) is 17.7. The summed E-state index contributed by atoms with van der Waals surface area (Å²) in [5, 5.41) is 22.8. The van der Waals surface area contributed by atoms with Crippen LogP contribution in [0.4, 0.5) is 0 Å². The second-order valence-electron chi connectivity index (χ2n) is 7.64. The molecular weight excluding hydrogens is 410 g/mol. The van der Waals surface area contributed by atoms with E-state index in [1.807, 2.05) is 0 Å². The lowest BCUT2D eigenvalue weighted by Gasteiger charge is -2.29. The van der Waals surface area contributed by atoms with Crippen molar-refractivity contribution in [2.75, 3.05) is 13.1 Å². The van der Waals surface area contributed by atoms with Crippen LogP contribution in [-0.4, -0.2) is 82.0 Å². The molecule has 12 heteroatoms. The standard InChI is InChI=1S/C19H33N5O7/c1-11(19(30)31)22-17(28)14-6-4-10-24(14)18(29)13(7-8-15(25)26)23-16(27)12(21)5-2-3-9-20/h11-14H,2-10,20-21H2,1H3,(H,22,28)(H,23,27)(H,25,26)(H,30,31). The Morgan fingerprint density at radius 1 is 1.10 bits per heavy atom. The number of amides is 3. The number of carbonyl (C=O) groups is 5. The number of nitrogens with zero attached hydrogens (tertiary/aromatic N) is 1. The fraction of sp³-hybridized carbons (Fsp3) is 0.737. The van der Waals surface area contributed by atoms with Crippen molar-refractivity contribution in [3.05, 3.63) is 0 Å². The predicted molar refractivity (Wildman–Crippen MR) is 110 cm³/mol. The number of hydrogen-bond donors (Lipinski definition) is 6. The van der Waals surface area contributed by atoms with Gasteiger partial charge in [0.05, 0.1) is 6.04 Å². The van der Waals surface area contributed by atoms with Gasteiger partial charge >= 0.3 is 11.9 Å². The number of carboxylic acid groups (broad SMARTS) is 2. The Labute approximate surface area is 180 Å². The molecule has 0 aromatic rings. The highest BCUT2D eigenvalue weighted by Gasteiger charge is 2.38. The monoisotopic (exact) mass is 443 g/mol. The molecule has 0 aromatic carbocycles. The summed E-state index contributed by atoms with van der Waals surface area (Å²) in [5.74, 6) is -4.13. The van der Waals surface area contributed by atoms with Crippen molar-refractivity contribution in [1.29, 1.82) is 0 Å². The average molecular weight is 444 g/mol. The number of likely N-dealkylation sites (tertiary alicyclic amines) is 1. The molecule has 3 amide bonds. The minimum atomic E-state index is -1.21. The maximum Gasteiger partial charge on any atom is 0.325 e. The SMILES string of the molecule is CC(NC(=O)C1CCCN1C(=O)C(CCC(=O)O)NC(=O)C(N)CCCCN)C(=O)O. The van der Waals surface area contributed by atoms with E-state index in [-0.39, 0.29) is 19.4 Å². The molecule has 1 fully saturated rings. The van der Waals surface area contributed by atoms with Crippen LogP contribution < -0.4 is 22.1 Å². The van der Waals surface area contributed by atoms with Crippen LogP contribution in [0.1, 0.15) is 51.9 Å². The molecule has 0 aliphatic carbocycles. The summed E-state index contributed by atoms with van der Waals surface area (Å²) >= 11 is 0.